The highest BCUT2D eigenvalue weighted by molar-refractivity contribution is 7.16. The van der Waals surface area contributed by atoms with E-state index in [1.807, 2.05) is 4.90 Å². The first kappa shape index (κ1) is 19.7. The number of furan rings is 1. The fourth-order valence-electron chi connectivity index (χ4n) is 5.42. The number of hydrogen-bond donors (Lipinski definition) is 2. The lowest BCUT2D eigenvalue weighted by molar-refractivity contribution is -0.954. The lowest BCUT2D eigenvalue weighted by Gasteiger charge is -2.46. The number of nitrogens with one attached hydrogen (secondary N) is 1. The number of nitrogens with zero attached hydrogens (tertiary/aromatic N) is 1. The third kappa shape index (κ3) is 3.53. The number of aryl methyl sites for hydroxylation is 1. The van der Waals surface area contributed by atoms with E-state index in [1.165, 1.54) is 20.9 Å². The van der Waals surface area contributed by atoms with Crippen molar-refractivity contribution in [3.05, 3.63) is 40.2 Å². The van der Waals surface area contributed by atoms with Gasteiger partial charge in [-0.25, -0.2) is 4.90 Å². The molecule has 1 amide bonds. The van der Waals surface area contributed by atoms with E-state index in [2.05, 4.69) is 46.9 Å². The maximum Gasteiger partial charge on any atom is 0.298 e. The summed E-state index contributed by atoms with van der Waals surface area (Å²) in [6.07, 6.45) is 3.90. The molecule has 2 aliphatic heterocycles. The van der Waals surface area contributed by atoms with Crippen molar-refractivity contribution < 1.29 is 19.4 Å². The van der Waals surface area contributed by atoms with Gasteiger partial charge in [0.2, 0.25) is 0 Å². The van der Waals surface area contributed by atoms with Gasteiger partial charge >= 0.3 is 0 Å². The van der Waals surface area contributed by atoms with E-state index in [1.54, 1.807) is 29.7 Å². The van der Waals surface area contributed by atoms with Crippen LogP contribution in [0.2, 0.25) is 0 Å². The van der Waals surface area contributed by atoms with Gasteiger partial charge < -0.3 is 14.6 Å². The Morgan fingerprint density at radius 2 is 1.93 bits per heavy atom. The molecule has 1 unspecified atom stereocenters. The molecule has 0 bridgehead atoms. The molecule has 0 aliphatic carbocycles. The molecule has 1 fully saturated rings. The number of amides is 1. The lowest BCUT2D eigenvalue weighted by atomic mass is 9.79. The Bertz CT molecular complexity index is 866. The predicted molar refractivity (Wildman–Crippen MR) is 112 cm³/mol. The van der Waals surface area contributed by atoms with Crippen LogP contribution >= 0.6 is 11.3 Å². The van der Waals surface area contributed by atoms with Crippen LogP contribution in [0.5, 0.6) is 0 Å². The van der Waals surface area contributed by atoms with Gasteiger partial charge in [-0.05, 0) is 59.2 Å². The van der Waals surface area contributed by atoms with E-state index >= 15 is 0 Å². The normalized spacial score (nSPS) is 24.2. The smallest absolute Gasteiger partial charge is 0.298 e. The van der Waals surface area contributed by atoms with Crippen LogP contribution in [0, 0.1) is 13.8 Å². The Morgan fingerprint density at radius 3 is 2.54 bits per heavy atom. The van der Waals surface area contributed by atoms with Gasteiger partial charge in [-0.15, -0.1) is 11.3 Å². The molecule has 152 valence electrons. The Labute approximate surface area is 171 Å². The van der Waals surface area contributed by atoms with Gasteiger partial charge in [0.15, 0.2) is 12.4 Å². The Balaban J connectivity index is 1.69. The van der Waals surface area contributed by atoms with Crippen molar-refractivity contribution in [3.8, 4) is 0 Å². The van der Waals surface area contributed by atoms with E-state index in [0.29, 0.717) is 18.5 Å². The summed E-state index contributed by atoms with van der Waals surface area (Å²) in [5.74, 6) is 0.402. The number of thiophene rings is 1. The van der Waals surface area contributed by atoms with Crippen LogP contribution in [0.4, 0.5) is 5.00 Å². The van der Waals surface area contributed by atoms with Gasteiger partial charge in [-0.1, -0.05) is 0 Å². The van der Waals surface area contributed by atoms with Crippen molar-refractivity contribution in [2.75, 3.05) is 11.6 Å². The minimum absolute atomic E-state index is 0.0226. The van der Waals surface area contributed by atoms with Crippen molar-refractivity contribution in [1.82, 2.24) is 0 Å². The molecule has 1 saturated heterocycles. The van der Waals surface area contributed by atoms with Crippen molar-refractivity contribution in [3.63, 3.8) is 0 Å². The molecule has 5 nitrogen and oxygen atoms in total. The second-order valence-electron chi connectivity index (χ2n) is 10.00. The third-order valence-corrected chi connectivity index (χ3v) is 7.65. The fourth-order valence-corrected chi connectivity index (χ4v) is 6.59. The molecule has 0 spiro atoms. The van der Waals surface area contributed by atoms with Crippen LogP contribution in [0.15, 0.2) is 22.8 Å². The number of carbonyl (C=O) groups excluding carboxylic acids is 1. The second-order valence-corrected chi connectivity index (χ2v) is 11.2. The lowest BCUT2D eigenvalue weighted by Crippen LogP contribution is -3.20. The summed E-state index contributed by atoms with van der Waals surface area (Å²) in [4.78, 5) is 18.0. The van der Waals surface area contributed by atoms with Crippen molar-refractivity contribution in [1.29, 1.82) is 0 Å². The Kier molecular flexibility index (Phi) is 4.72. The average Bonchev–Trinajstić information content (AvgIpc) is 3.20. The van der Waals surface area contributed by atoms with Gasteiger partial charge in [-0.2, -0.15) is 0 Å². The molecule has 4 rings (SSSR count). The van der Waals surface area contributed by atoms with Gasteiger partial charge in [0, 0.05) is 10.4 Å². The van der Waals surface area contributed by atoms with Crippen LogP contribution in [0.25, 0.3) is 0 Å². The zero-order valence-corrected chi connectivity index (χ0v) is 18.7. The predicted octanol–water partition coefficient (Wildman–Crippen LogP) is 2.24. The Hall–Kier alpha value is -1.63. The summed E-state index contributed by atoms with van der Waals surface area (Å²) in [5, 5.41) is 3.64. The highest BCUT2D eigenvalue weighted by Gasteiger charge is 2.48. The van der Waals surface area contributed by atoms with E-state index in [9.17, 15) is 4.79 Å². The zero-order valence-electron chi connectivity index (χ0n) is 17.9. The van der Waals surface area contributed by atoms with Crippen molar-refractivity contribution in [2.24, 2.45) is 0 Å². The van der Waals surface area contributed by atoms with Crippen LogP contribution in [-0.2, 0) is 6.54 Å². The van der Waals surface area contributed by atoms with Crippen LogP contribution < -0.4 is 15.1 Å². The maximum atomic E-state index is 13.2. The first-order chi connectivity index (χ1) is 13.1. The number of rotatable bonds is 2. The van der Waals surface area contributed by atoms with E-state index in [4.69, 9.17) is 4.42 Å². The largest absolute Gasteiger partial charge is 0.459 e. The molecule has 2 aliphatic rings. The quantitative estimate of drug-likeness (QED) is 0.808. The van der Waals surface area contributed by atoms with Gasteiger partial charge in [0.1, 0.15) is 17.6 Å². The number of fused-ring (bicyclic) bond motifs is 1. The molecule has 3 N–H and O–H groups in total. The molecule has 6 heteroatoms. The molecular weight excluding hydrogens is 370 g/mol. The summed E-state index contributed by atoms with van der Waals surface area (Å²) in [6, 6.07) is 4.09. The molecule has 4 heterocycles. The monoisotopic (exact) mass is 403 g/mol. The molecule has 28 heavy (non-hydrogen) atoms. The molecular formula is C22H33N3O2S+2. The number of carbonyl (C=O) groups is 1. The molecule has 0 saturated carbocycles. The highest BCUT2D eigenvalue weighted by Crippen LogP contribution is 2.37. The number of piperidine rings is 1. The van der Waals surface area contributed by atoms with Crippen LogP contribution in [0.3, 0.4) is 0 Å². The summed E-state index contributed by atoms with van der Waals surface area (Å²) in [7, 11) is 0. The third-order valence-electron chi connectivity index (χ3n) is 6.38. The Morgan fingerprint density at radius 1 is 1.25 bits per heavy atom. The minimum atomic E-state index is -0.0226. The van der Waals surface area contributed by atoms with E-state index in [0.717, 1.165) is 24.4 Å². The number of nitrogens with two attached hydrogens (primary N) is 1. The fraction of sp³-hybridized carbons (Fsp3) is 0.591. The standard InChI is InChI=1S/C22H31N3O2S/c1-14-15(2)28-20-17(14)12-24(13-25(20)19(26)18-8-7-9-27-18)16-10-21(3,4)23-22(5,6)11-16/h7-9,16,23H,10-13H2,1-6H3/p+2. The summed E-state index contributed by atoms with van der Waals surface area (Å²) in [6.45, 7) is 15.5. The van der Waals surface area contributed by atoms with Gasteiger partial charge in [-0.3, -0.25) is 4.79 Å². The zero-order chi connectivity index (χ0) is 20.3. The summed E-state index contributed by atoms with van der Waals surface area (Å²) < 4.78 is 5.45. The van der Waals surface area contributed by atoms with E-state index < -0.39 is 0 Å². The van der Waals surface area contributed by atoms with Crippen LogP contribution in [-0.4, -0.2) is 29.7 Å². The molecule has 1 atom stereocenters. The molecule has 0 aromatic carbocycles. The topological polar surface area (TPSA) is 54.5 Å². The first-order valence-electron chi connectivity index (χ1n) is 10.2. The van der Waals surface area contributed by atoms with Crippen molar-refractivity contribution in [2.45, 2.75) is 78.0 Å². The SMILES string of the molecule is Cc1sc2c(c1C)C[NH+](C1CC(C)(C)[NH2+]C(C)(C)C1)CN2C(=O)c1ccco1. The van der Waals surface area contributed by atoms with E-state index in [-0.39, 0.29) is 17.0 Å². The summed E-state index contributed by atoms with van der Waals surface area (Å²) in [5.41, 5.74) is 3.12. The number of hydrogen-bond acceptors (Lipinski definition) is 3. The van der Waals surface area contributed by atoms with Crippen molar-refractivity contribution >= 4 is 22.2 Å². The first-order valence-corrected chi connectivity index (χ1v) is 11.0. The van der Waals surface area contributed by atoms with Gasteiger partial charge in [0.05, 0.1) is 30.2 Å². The second kappa shape index (κ2) is 6.71. The van der Waals surface area contributed by atoms with Gasteiger partial charge in [0.25, 0.3) is 5.91 Å². The van der Waals surface area contributed by atoms with Crippen LogP contribution in [0.1, 0.15) is 67.1 Å². The average molecular weight is 404 g/mol. The maximum absolute atomic E-state index is 13.2. The highest BCUT2D eigenvalue weighted by atomic mass is 32.1. The number of quaternary nitrogens is 2. The minimum Gasteiger partial charge on any atom is -0.459 e. The molecule has 2 aromatic rings. The molecule has 2 aromatic heterocycles. The number of anilines is 1. The molecule has 0 radical (unpaired) electrons. The summed E-state index contributed by atoms with van der Waals surface area (Å²) >= 11 is 1.74.